The lowest BCUT2D eigenvalue weighted by molar-refractivity contribution is 0.0938. The molecule has 0 aliphatic heterocycles. The zero-order valence-corrected chi connectivity index (χ0v) is 12.3. The standard InChI is InChI=1S/C15H21NO2S/c1-3-19-14-6-4-5-12(14)16-15(18)11-8-7-10(2)13(17)9-11/h7-9,12,14,17H,3-6H2,1-2H3,(H,16,18). The Morgan fingerprint density at radius 2 is 2.26 bits per heavy atom. The van der Waals surface area contributed by atoms with Crippen molar-refractivity contribution in [3.8, 4) is 5.75 Å². The molecule has 2 atom stereocenters. The molecule has 1 aliphatic rings. The summed E-state index contributed by atoms with van der Waals surface area (Å²) in [4.78, 5) is 12.2. The summed E-state index contributed by atoms with van der Waals surface area (Å²) in [5.74, 6) is 1.19. The van der Waals surface area contributed by atoms with Crippen LogP contribution in [0, 0.1) is 6.92 Å². The van der Waals surface area contributed by atoms with E-state index in [1.165, 1.54) is 12.8 Å². The third-order valence-corrected chi connectivity index (χ3v) is 4.95. The Morgan fingerprint density at radius 3 is 2.95 bits per heavy atom. The van der Waals surface area contributed by atoms with Crippen LogP contribution in [0.15, 0.2) is 18.2 Å². The molecule has 1 aromatic carbocycles. The number of amides is 1. The Labute approximate surface area is 118 Å². The highest BCUT2D eigenvalue weighted by molar-refractivity contribution is 7.99. The molecule has 2 rings (SSSR count). The van der Waals surface area contributed by atoms with Gasteiger partial charge < -0.3 is 10.4 Å². The molecule has 104 valence electrons. The Hall–Kier alpha value is -1.16. The highest BCUT2D eigenvalue weighted by Crippen LogP contribution is 2.30. The lowest BCUT2D eigenvalue weighted by Crippen LogP contribution is -2.38. The Morgan fingerprint density at radius 1 is 1.47 bits per heavy atom. The summed E-state index contributed by atoms with van der Waals surface area (Å²) >= 11 is 1.93. The fraction of sp³-hybridized carbons (Fsp3) is 0.533. The average molecular weight is 279 g/mol. The lowest BCUT2D eigenvalue weighted by atomic mass is 10.1. The van der Waals surface area contributed by atoms with Gasteiger partial charge >= 0.3 is 0 Å². The minimum absolute atomic E-state index is 0.0797. The molecule has 19 heavy (non-hydrogen) atoms. The van der Waals surface area contributed by atoms with Gasteiger partial charge in [0, 0.05) is 16.9 Å². The number of nitrogens with one attached hydrogen (secondary N) is 1. The molecule has 0 heterocycles. The summed E-state index contributed by atoms with van der Waals surface area (Å²) in [5.41, 5.74) is 1.33. The third kappa shape index (κ3) is 3.44. The van der Waals surface area contributed by atoms with E-state index < -0.39 is 0 Å². The van der Waals surface area contributed by atoms with Crippen molar-refractivity contribution in [2.45, 2.75) is 44.4 Å². The van der Waals surface area contributed by atoms with Crippen molar-refractivity contribution in [3.05, 3.63) is 29.3 Å². The van der Waals surface area contributed by atoms with E-state index in [2.05, 4.69) is 12.2 Å². The Kier molecular flexibility index (Phi) is 4.75. The van der Waals surface area contributed by atoms with E-state index in [0.717, 1.165) is 17.7 Å². The van der Waals surface area contributed by atoms with E-state index in [4.69, 9.17) is 0 Å². The maximum atomic E-state index is 12.2. The van der Waals surface area contributed by atoms with Crippen molar-refractivity contribution in [1.82, 2.24) is 5.32 Å². The normalized spacial score (nSPS) is 22.4. The molecular weight excluding hydrogens is 258 g/mol. The fourth-order valence-electron chi connectivity index (χ4n) is 2.51. The minimum Gasteiger partial charge on any atom is -0.508 e. The van der Waals surface area contributed by atoms with Crippen LogP contribution < -0.4 is 5.32 Å². The molecule has 1 aliphatic carbocycles. The molecule has 0 saturated heterocycles. The lowest BCUT2D eigenvalue weighted by Gasteiger charge is -2.20. The van der Waals surface area contributed by atoms with Crippen LogP contribution in [0.4, 0.5) is 0 Å². The molecule has 0 radical (unpaired) electrons. The number of hydrogen-bond donors (Lipinski definition) is 2. The number of phenols is 1. The molecule has 2 N–H and O–H groups in total. The van der Waals surface area contributed by atoms with Gasteiger partial charge in [0.2, 0.25) is 0 Å². The van der Waals surface area contributed by atoms with Gasteiger partial charge in [-0.2, -0.15) is 11.8 Å². The van der Waals surface area contributed by atoms with Gasteiger partial charge in [0.05, 0.1) is 0 Å². The number of carbonyl (C=O) groups is 1. The van der Waals surface area contributed by atoms with Crippen LogP contribution in [-0.2, 0) is 0 Å². The van der Waals surface area contributed by atoms with Gasteiger partial charge in [-0.25, -0.2) is 0 Å². The largest absolute Gasteiger partial charge is 0.508 e. The zero-order chi connectivity index (χ0) is 13.8. The van der Waals surface area contributed by atoms with E-state index in [0.29, 0.717) is 10.8 Å². The van der Waals surface area contributed by atoms with Gasteiger partial charge in [-0.1, -0.05) is 19.4 Å². The molecule has 3 nitrogen and oxygen atoms in total. The number of aromatic hydroxyl groups is 1. The second kappa shape index (κ2) is 6.33. The van der Waals surface area contributed by atoms with Crippen molar-refractivity contribution in [2.75, 3.05) is 5.75 Å². The molecule has 1 amide bonds. The predicted molar refractivity (Wildman–Crippen MR) is 79.9 cm³/mol. The van der Waals surface area contributed by atoms with Crippen LogP contribution in [0.2, 0.25) is 0 Å². The summed E-state index contributed by atoms with van der Waals surface area (Å²) < 4.78 is 0. The van der Waals surface area contributed by atoms with Crippen molar-refractivity contribution in [2.24, 2.45) is 0 Å². The fourth-order valence-corrected chi connectivity index (χ4v) is 3.70. The van der Waals surface area contributed by atoms with E-state index >= 15 is 0 Å². The highest BCUT2D eigenvalue weighted by atomic mass is 32.2. The first kappa shape index (κ1) is 14.3. The predicted octanol–water partition coefficient (Wildman–Crippen LogP) is 3.10. The van der Waals surface area contributed by atoms with Crippen molar-refractivity contribution >= 4 is 17.7 Å². The third-order valence-electron chi connectivity index (χ3n) is 3.62. The number of hydrogen-bond acceptors (Lipinski definition) is 3. The topological polar surface area (TPSA) is 49.3 Å². The minimum atomic E-state index is -0.0797. The van der Waals surface area contributed by atoms with Crippen LogP contribution in [-0.4, -0.2) is 28.1 Å². The van der Waals surface area contributed by atoms with Crippen molar-refractivity contribution < 1.29 is 9.90 Å². The SMILES string of the molecule is CCSC1CCCC1NC(=O)c1ccc(C)c(O)c1. The van der Waals surface area contributed by atoms with Gasteiger partial charge in [-0.05, 0) is 43.2 Å². The van der Waals surface area contributed by atoms with Gasteiger partial charge in [0.1, 0.15) is 5.75 Å². The van der Waals surface area contributed by atoms with Crippen LogP contribution in [0.1, 0.15) is 42.1 Å². The molecule has 0 spiro atoms. The molecule has 4 heteroatoms. The maximum absolute atomic E-state index is 12.2. The van der Waals surface area contributed by atoms with E-state index in [1.54, 1.807) is 18.2 Å². The number of rotatable bonds is 4. The summed E-state index contributed by atoms with van der Waals surface area (Å²) in [5, 5.41) is 13.3. The molecule has 1 fully saturated rings. The number of carbonyl (C=O) groups excluding carboxylic acids is 1. The van der Waals surface area contributed by atoms with Crippen LogP contribution in [0.3, 0.4) is 0 Å². The molecular formula is C15H21NO2S. The summed E-state index contributed by atoms with van der Waals surface area (Å²) in [6.45, 7) is 3.97. The first-order chi connectivity index (χ1) is 9.11. The van der Waals surface area contributed by atoms with E-state index in [-0.39, 0.29) is 17.7 Å². The first-order valence-corrected chi connectivity index (χ1v) is 7.88. The van der Waals surface area contributed by atoms with Gasteiger partial charge in [0.25, 0.3) is 5.91 Å². The van der Waals surface area contributed by atoms with Gasteiger partial charge in [0.15, 0.2) is 0 Å². The molecule has 2 unspecified atom stereocenters. The summed E-state index contributed by atoms with van der Waals surface area (Å²) in [7, 11) is 0. The maximum Gasteiger partial charge on any atom is 0.251 e. The molecule has 1 aromatic rings. The van der Waals surface area contributed by atoms with Crippen molar-refractivity contribution in [1.29, 1.82) is 0 Å². The first-order valence-electron chi connectivity index (χ1n) is 6.84. The number of thioether (sulfide) groups is 1. The molecule has 1 saturated carbocycles. The zero-order valence-electron chi connectivity index (χ0n) is 11.5. The molecule has 0 aromatic heterocycles. The number of phenolic OH excluding ortho intramolecular Hbond substituents is 1. The van der Waals surface area contributed by atoms with Gasteiger partial charge in [-0.15, -0.1) is 0 Å². The van der Waals surface area contributed by atoms with E-state index in [1.807, 2.05) is 18.7 Å². The Balaban J connectivity index is 2.02. The molecule has 0 bridgehead atoms. The van der Waals surface area contributed by atoms with Crippen molar-refractivity contribution in [3.63, 3.8) is 0 Å². The monoisotopic (exact) mass is 279 g/mol. The van der Waals surface area contributed by atoms with Crippen LogP contribution >= 0.6 is 11.8 Å². The summed E-state index contributed by atoms with van der Waals surface area (Å²) in [6, 6.07) is 5.35. The van der Waals surface area contributed by atoms with Gasteiger partial charge in [-0.3, -0.25) is 4.79 Å². The van der Waals surface area contributed by atoms with Crippen LogP contribution in [0.5, 0.6) is 5.75 Å². The average Bonchev–Trinajstić information content (AvgIpc) is 2.80. The quantitative estimate of drug-likeness (QED) is 0.890. The highest BCUT2D eigenvalue weighted by Gasteiger charge is 2.28. The summed E-state index contributed by atoms with van der Waals surface area (Å²) in [6.07, 6.45) is 3.42. The van der Waals surface area contributed by atoms with E-state index in [9.17, 15) is 9.90 Å². The van der Waals surface area contributed by atoms with Crippen LogP contribution in [0.25, 0.3) is 0 Å². The smallest absolute Gasteiger partial charge is 0.251 e. The Bertz CT molecular complexity index is 461. The number of benzene rings is 1. The second-order valence-corrected chi connectivity index (χ2v) is 6.52. The second-order valence-electron chi connectivity index (χ2n) is 5.01. The number of aryl methyl sites for hydroxylation is 1.